The Balaban J connectivity index is 2.39. The normalized spacial score (nSPS) is 26.7. The summed E-state index contributed by atoms with van der Waals surface area (Å²) in [6.07, 6.45) is 6.54. The van der Waals surface area contributed by atoms with Gasteiger partial charge in [-0.05, 0) is 40.2 Å². The van der Waals surface area contributed by atoms with Gasteiger partial charge in [0, 0.05) is 12.1 Å². The van der Waals surface area contributed by atoms with Crippen molar-refractivity contribution in [3.8, 4) is 0 Å². The average molecular weight is 270 g/mol. The lowest BCUT2D eigenvalue weighted by molar-refractivity contribution is -0.138. The second kappa shape index (κ2) is 8.54. The molecule has 0 heterocycles. The van der Waals surface area contributed by atoms with Crippen LogP contribution < -0.4 is 10.6 Å². The lowest BCUT2D eigenvalue weighted by atomic mass is 9.92. The highest BCUT2D eigenvalue weighted by molar-refractivity contribution is 5.80. The number of hydrogen-bond donors (Lipinski definition) is 2. The fourth-order valence-corrected chi connectivity index (χ4v) is 2.78. The summed E-state index contributed by atoms with van der Waals surface area (Å²) >= 11 is 0. The zero-order valence-electron chi connectivity index (χ0n) is 12.9. The van der Waals surface area contributed by atoms with E-state index in [1.165, 1.54) is 12.8 Å². The highest BCUT2D eigenvalue weighted by Gasteiger charge is 2.28. The summed E-state index contributed by atoms with van der Waals surface area (Å²) in [6, 6.07) is 0.618. The monoisotopic (exact) mass is 270 g/mol. The maximum atomic E-state index is 12.0. The van der Waals surface area contributed by atoms with E-state index in [4.69, 9.17) is 4.74 Å². The number of likely N-dealkylation sites (N-methyl/N-ethyl adjacent to an activating group) is 1. The summed E-state index contributed by atoms with van der Waals surface area (Å²) < 4.78 is 5.96. The molecule has 4 heteroatoms. The lowest BCUT2D eigenvalue weighted by Crippen LogP contribution is -2.47. The molecule has 1 aliphatic carbocycles. The predicted molar refractivity (Wildman–Crippen MR) is 78.2 cm³/mol. The van der Waals surface area contributed by atoms with E-state index >= 15 is 0 Å². The molecule has 0 spiro atoms. The first-order chi connectivity index (χ1) is 9.08. The topological polar surface area (TPSA) is 50.4 Å². The molecule has 4 nitrogen and oxygen atoms in total. The molecule has 0 aromatic rings. The number of hydrogen-bond acceptors (Lipinski definition) is 3. The van der Waals surface area contributed by atoms with Crippen LogP contribution in [0.3, 0.4) is 0 Å². The summed E-state index contributed by atoms with van der Waals surface area (Å²) in [5.74, 6) is 0.0152. The van der Waals surface area contributed by atoms with Gasteiger partial charge in [-0.1, -0.05) is 26.2 Å². The Morgan fingerprint density at radius 3 is 2.63 bits per heavy atom. The van der Waals surface area contributed by atoms with Gasteiger partial charge in [-0.15, -0.1) is 0 Å². The fraction of sp³-hybridized carbons (Fsp3) is 0.933. The van der Waals surface area contributed by atoms with Crippen LogP contribution in [0.15, 0.2) is 0 Å². The Bertz CT molecular complexity index is 271. The number of rotatable bonds is 7. The molecule has 4 atom stereocenters. The van der Waals surface area contributed by atoms with Gasteiger partial charge >= 0.3 is 0 Å². The number of carbonyl (C=O) groups excluding carboxylic acids is 1. The molecule has 1 rings (SSSR count). The molecule has 19 heavy (non-hydrogen) atoms. The maximum Gasteiger partial charge on any atom is 0.249 e. The zero-order chi connectivity index (χ0) is 14.3. The van der Waals surface area contributed by atoms with Gasteiger partial charge in [0.25, 0.3) is 0 Å². The molecule has 112 valence electrons. The Morgan fingerprint density at radius 2 is 2.00 bits per heavy atom. The zero-order valence-corrected chi connectivity index (χ0v) is 12.9. The van der Waals surface area contributed by atoms with Gasteiger partial charge in [-0.2, -0.15) is 0 Å². The number of ether oxygens (including phenoxy) is 1. The van der Waals surface area contributed by atoms with E-state index < -0.39 is 0 Å². The first-order valence-corrected chi connectivity index (χ1v) is 7.71. The second-order valence-corrected chi connectivity index (χ2v) is 5.69. The minimum absolute atomic E-state index is 0.0152. The molecular weight excluding hydrogens is 240 g/mol. The largest absolute Gasteiger partial charge is 0.364 e. The number of carbonyl (C=O) groups is 1. The summed E-state index contributed by atoms with van der Waals surface area (Å²) in [4.78, 5) is 12.0. The van der Waals surface area contributed by atoms with Crippen molar-refractivity contribution in [1.29, 1.82) is 0 Å². The van der Waals surface area contributed by atoms with E-state index in [2.05, 4.69) is 17.6 Å². The van der Waals surface area contributed by atoms with Crippen molar-refractivity contribution in [2.45, 2.75) is 83.6 Å². The van der Waals surface area contributed by atoms with Gasteiger partial charge in [0.05, 0.1) is 6.10 Å². The molecule has 1 fully saturated rings. The van der Waals surface area contributed by atoms with Crippen LogP contribution in [-0.4, -0.2) is 37.2 Å². The number of amides is 1. The Hall–Kier alpha value is -0.610. The first-order valence-electron chi connectivity index (χ1n) is 7.71. The molecule has 0 saturated heterocycles. The summed E-state index contributed by atoms with van der Waals surface area (Å²) in [5, 5.41) is 6.32. The van der Waals surface area contributed by atoms with E-state index in [0.717, 1.165) is 25.7 Å². The van der Waals surface area contributed by atoms with Gasteiger partial charge in [0.1, 0.15) is 6.10 Å². The van der Waals surface area contributed by atoms with E-state index in [-0.39, 0.29) is 24.2 Å². The van der Waals surface area contributed by atoms with Crippen molar-refractivity contribution >= 4 is 5.91 Å². The fourth-order valence-electron chi connectivity index (χ4n) is 2.78. The Morgan fingerprint density at radius 1 is 1.32 bits per heavy atom. The van der Waals surface area contributed by atoms with Crippen LogP contribution in [0.2, 0.25) is 0 Å². The standard InChI is InChI=1S/C15H30N2O2/c1-5-8-11(2)17-15(18)12(3)19-14-10-7-6-9-13(14)16-4/h11-14,16H,5-10H2,1-4H3,(H,17,18). The first kappa shape index (κ1) is 16.4. The highest BCUT2D eigenvalue weighted by atomic mass is 16.5. The quantitative estimate of drug-likeness (QED) is 0.746. The molecule has 1 amide bonds. The van der Waals surface area contributed by atoms with Crippen LogP contribution in [0, 0.1) is 0 Å². The van der Waals surface area contributed by atoms with E-state index in [1.807, 2.05) is 20.9 Å². The van der Waals surface area contributed by atoms with Gasteiger partial charge in [0.2, 0.25) is 5.91 Å². The van der Waals surface area contributed by atoms with Crippen LogP contribution in [0.4, 0.5) is 0 Å². The summed E-state index contributed by atoms with van der Waals surface area (Å²) in [5.41, 5.74) is 0. The molecule has 4 unspecified atom stereocenters. The molecule has 0 bridgehead atoms. The molecule has 0 aromatic carbocycles. The van der Waals surface area contributed by atoms with Crippen LogP contribution in [-0.2, 0) is 9.53 Å². The van der Waals surface area contributed by atoms with Crippen molar-refractivity contribution in [2.24, 2.45) is 0 Å². The number of nitrogens with one attached hydrogen (secondary N) is 2. The van der Waals surface area contributed by atoms with Crippen molar-refractivity contribution in [3.63, 3.8) is 0 Å². The van der Waals surface area contributed by atoms with Crippen molar-refractivity contribution in [3.05, 3.63) is 0 Å². The Kier molecular flexibility index (Phi) is 7.39. The second-order valence-electron chi connectivity index (χ2n) is 5.69. The Labute approximate surface area is 117 Å². The predicted octanol–water partition coefficient (Wildman–Crippen LogP) is 2.23. The molecule has 1 aliphatic rings. The van der Waals surface area contributed by atoms with Gasteiger partial charge in [0.15, 0.2) is 0 Å². The summed E-state index contributed by atoms with van der Waals surface area (Å²) in [6.45, 7) is 6.03. The molecule has 2 N–H and O–H groups in total. The third-order valence-electron chi connectivity index (χ3n) is 3.93. The van der Waals surface area contributed by atoms with Crippen LogP contribution in [0.5, 0.6) is 0 Å². The molecule has 1 saturated carbocycles. The van der Waals surface area contributed by atoms with Crippen LogP contribution >= 0.6 is 0 Å². The van der Waals surface area contributed by atoms with E-state index in [1.54, 1.807) is 0 Å². The van der Waals surface area contributed by atoms with Crippen LogP contribution in [0.25, 0.3) is 0 Å². The van der Waals surface area contributed by atoms with Crippen molar-refractivity contribution in [2.75, 3.05) is 7.05 Å². The van der Waals surface area contributed by atoms with E-state index in [9.17, 15) is 4.79 Å². The smallest absolute Gasteiger partial charge is 0.249 e. The molecule has 0 aliphatic heterocycles. The maximum absolute atomic E-state index is 12.0. The SMILES string of the molecule is CCCC(C)NC(=O)C(C)OC1CCCCC1NC. The van der Waals surface area contributed by atoms with Crippen molar-refractivity contribution < 1.29 is 9.53 Å². The minimum Gasteiger partial charge on any atom is -0.364 e. The third-order valence-corrected chi connectivity index (χ3v) is 3.93. The third kappa shape index (κ3) is 5.49. The minimum atomic E-state index is -0.363. The van der Waals surface area contributed by atoms with E-state index in [0.29, 0.717) is 6.04 Å². The highest BCUT2D eigenvalue weighted by Crippen LogP contribution is 2.22. The molecule has 0 aromatic heterocycles. The average Bonchev–Trinajstić information content (AvgIpc) is 2.39. The van der Waals surface area contributed by atoms with Crippen LogP contribution in [0.1, 0.15) is 59.3 Å². The molecule has 0 radical (unpaired) electrons. The lowest BCUT2D eigenvalue weighted by Gasteiger charge is -2.33. The molecular formula is C15H30N2O2. The summed E-state index contributed by atoms with van der Waals surface area (Å²) in [7, 11) is 1.97. The van der Waals surface area contributed by atoms with Gasteiger partial charge in [-0.3, -0.25) is 4.79 Å². The van der Waals surface area contributed by atoms with Gasteiger partial charge < -0.3 is 15.4 Å². The van der Waals surface area contributed by atoms with Gasteiger partial charge in [-0.25, -0.2) is 0 Å². The van der Waals surface area contributed by atoms with Crippen molar-refractivity contribution in [1.82, 2.24) is 10.6 Å².